The number of hydrogen-bond donors (Lipinski definition) is 2. The van der Waals surface area contributed by atoms with E-state index in [1.807, 2.05) is 6.92 Å². The number of aromatic nitrogens is 3. The Hall–Kier alpha value is -2.57. The molecular formula is C13H14FN5O. The van der Waals surface area contributed by atoms with Crippen molar-refractivity contribution >= 4 is 17.5 Å². The average molecular weight is 275 g/mol. The smallest absolute Gasteiger partial charge is 0.260 e. The van der Waals surface area contributed by atoms with Crippen LogP contribution in [0, 0.1) is 5.82 Å². The molecule has 2 N–H and O–H groups in total. The molecule has 1 aromatic heterocycles. The first-order valence-corrected chi connectivity index (χ1v) is 6.19. The standard InChI is InChI=1S/C13H14FN5O/c1-2-6-15-11-9(4-3-5-10(11)14)12(20)18-13-16-7-8-17-19-13/h3-5,7-8,15H,2,6H2,1H3,(H,16,18,19,20). The van der Waals surface area contributed by atoms with Gasteiger partial charge in [0.15, 0.2) is 0 Å². The predicted octanol–water partition coefficient (Wildman–Crippen LogP) is 2.08. The lowest BCUT2D eigenvalue weighted by atomic mass is 10.1. The summed E-state index contributed by atoms with van der Waals surface area (Å²) >= 11 is 0. The summed E-state index contributed by atoms with van der Waals surface area (Å²) in [4.78, 5) is 16.0. The van der Waals surface area contributed by atoms with Gasteiger partial charge in [-0.25, -0.2) is 9.37 Å². The number of rotatable bonds is 5. The summed E-state index contributed by atoms with van der Waals surface area (Å²) in [5, 5.41) is 12.6. The monoisotopic (exact) mass is 275 g/mol. The number of benzene rings is 1. The summed E-state index contributed by atoms with van der Waals surface area (Å²) in [6.07, 6.45) is 3.62. The Balaban J connectivity index is 2.23. The fourth-order valence-corrected chi connectivity index (χ4v) is 1.62. The van der Waals surface area contributed by atoms with Gasteiger partial charge in [-0.05, 0) is 18.6 Å². The van der Waals surface area contributed by atoms with Crippen molar-refractivity contribution in [2.75, 3.05) is 17.2 Å². The number of anilines is 2. The molecule has 1 heterocycles. The molecule has 1 aromatic carbocycles. The summed E-state index contributed by atoms with van der Waals surface area (Å²) in [6, 6.07) is 4.31. The molecule has 2 aromatic rings. The van der Waals surface area contributed by atoms with Crippen molar-refractivity contribution in [1.29, 1.82) is 0 Å². The van der Waals surface area contributed by atoms with Crippen LogP contribution in [0.2, 0.25) is 0 Å². The third kappa shape index (κ3) is 3.25. The first kappa shape index (κ1) is 13.9. The predicted molar refractivity (Wildman–Crippen MR) is 73.0 cm³/mol. The third-order valence-electron chi connectivity index (χ3n) is 2.52. The van der Waals surface area contributed by atoms with Crippen LogP contribution in [0.5, 0.6) is 0 Å². The van der Waals surface area contributed by atoms with Crippen molar-refractivity contribution in [3.8, 4) is 0 Å². The highest BCUT2D eigenvalue weighted by atomic mass is 19.1. The Morgan fingerprint density at radius 1 is 1.35 bits per heavy atom. The molecule has 2 rings (SSSR count). The maximum atomic E-state index is 13.8. The SMILES string of the molecule is CCCNc1c(F)cccc1C(=O)Nc1nccnn1. The van der Waals surface area contributed by atoms with Crippen LogP contribution in [0.3, 0.4) is 0 Å². The fourth-order valence-electron chi connectivity index (χ4n) is 1.62. The van der Waals surface area contributed by atoms with Gasteiger partial charge in [0.2, 0.25) is 5.95 Å². The highest BCUT2D eigenvalue weighted by Gasteiger charge is 2.15. The van der Waals surface area contributed by atoms with E-state index < -0.39 is 11.7 Å². The van der Waals surface area contributed by atoms with Gasteiger partial charge in [-0.1, -0.05) is 13.0 Å². The second kappa shape index (κ2) is 6.55. The van der Waals surface area contributed by atoms with Gasteiger partial charge in [0.25, 0.3) is 5.91 Å². The van der Waals surface area contributed by atoms with Crippen LogP contribution in [0.4, 0.5) is 16.0 Å². The first-order chi connectivity index (χ1) is 9.72. The lowest BCUT2D eigenvalue weighted by Crippen LogP contribution is -2.17. The number of nitrogens with one attached hydrogen (secondary N) is 2. The summed E-state index contributed by atoms with van der Waals surface area (Å²) in [6.45, 7) is 2.53. The maximum Gasteiger partial charge on any atom is 0.260 e. The lowest BCUT2D eigenvalue weighted by molar-refractivity contribution is 0.102. The van der Waals surface area contributed by atoms with E-state index in [2.05, 4.69) is 25.8 Å². The van der Waals surface area contributed by atoms with Crippen molar-refractivity contribution in [3.63, 3.8) is 0 Å². The molecule has 0 aliphatic carbocycles. The van der Waals surface area contributed by atoms with Gasteiger partial charge >= 0.3 is 0 Å². The number of amides is 1. The van der Waals surface area contributed by atoms with Gasteiger partial charge in [-0.15, -0.1) is 5.10 Å². The Morgan fingerprint density at radius 2 is 2.20 bits per heavy atom. The normalized spacial score (nSPS) is 10.1. The van der Waals surface area contributed by atoms with Gasteiger partial charge in [0.05, 0.1) is 23.6 Å². The second-order valence-electron chi connectivity index (χ2n) is 4.01. The Kier molecular flexibility index (Phi) is 4.54. The zero-order valence-electron chi connectivity index (χ0n) is 10.9. The maximum absolute atomic E-state index is 13.8. The molecule has 0 radical (unpaired) electrons. The molecule has 0 aliphatic rings. The van der Waals surface area contributed by atoms with Gasteiger partial charge in [-0.3, -0.25) is 10.1 Å². The van der Waals surface area contributed by atoms with Gasteiger partial charge in [-0.2, -0.15) is 5.10 Å². The minimum atomic E-state index is -0.490. The first-order valence-electron chi connectivity index (χ1n) is 6.19. The molecule has 20 heavy (non-hydrogen) atoms. The number of nitrogens with zero attached hydrogens (tertiary/aromatic N) is 3. The molecule has 0 saturated carbocycles. The minimum Gasteiger partial charge on any atom is -0.382 e. The summed E-state index contributed by atoms with van der Waals surface area (Å²) in [7, 11) is 0. The van der Waals surface area contributed by atoms with E-state index in [0.29, 0.717) is 6.54 Å². The van der Waals surface area contributed by atoms with Crippen molar-refractivity contribution in [1.82, 2.24) is 15.2 Å². The molecule has 0 atom stereocenters. The number of hydrogen-bond acceptors (Lipinski definition) is 5. The third-order valence-corrected chi connectivity index (χ3v) is 2.52. The molecule has 0 aliphatic heterocycles. The van der Waals surface area contributed by atoms with E-state index in [-0.39, 0.29) is 17.2 Å². The van der Waals surface area contributed by atoms with Gasteiger partial charge < -0.3 is 5.32 Å². The van der Waals surface area contributed by atoms with Gasteiger partial charge in [0.1, 0.15) is 5.82 Å². The van der Waals surface area contributed by atoms with Crippen LogP contribution in [0.25, 0.3) is 0 Å². The minimum absolute atomic E-state index is 0.0724. The Morgan fingerprint density at radius 3 is 2.90 bits per heavy atom. The van der Waals surface area contributed by atoms with Crippen LogP contribution >= 0.6 is 0 Å². The molecular weight excluding hydrogens is 261 g/mol. The number of carbonyl (C=O) groups is 1. The van der Waals surface area contributed by atoms with E-state index >= 15 is 0 Å². The quantitative estimate of drug-likeness (QED) is 0.873. The molecule has 6 nitrogen and oxygen atoms in total. The highest BCUT2D eigenvalue weighted by molar-refractivity contribution is 6.07. The zero-order chi connectivity index (χ0) is 14.4. The van der Waals surface area contributed by atoms with Crippen LogP contribution in [-0.4, -0.2) is 27.6 Å². The molecule has 0 saturated heterocycles. The zero-order valence-corrected chi connectivity index (χ0v) is 10.9. The van der Waals surface area contributed by atoms with Crippen LogP contribution in [0.1, 0.15) is 23.7 Å². The van der Waals surface area contributed by atoms with E-state index in [0.717, 1.165) is 6.42 Å². The Bertz CT molecular complexity index is 591. The number of halogens is 1. The van der Waals surface area contributed by atoms with Crippen molar-refractivity contribution in [2.24, 2.45) is 0 Å². The molecule has 0 spiro atoms. The van der Waals surface area contributed by atoms with Gasteiger partial charge in [0, 0.05) is 6.54 Å². The highest BCUT2D eigenvalue weighted by Crippen LogP contribution is 2.20. The van der Waals surface area contributed by atoms with E-state index in [1.54, 1.807) is 0 Å². The van der Waals surface area contributed by atoms with Crippen LogP contribution in [-0.2, 0) is 0 Å². The number of para-hydroxylation sites is 1. The van der Waals surface area contributed by atoms with Crippen molar-refractivity contribution in [3.05, 3.63) is 42.0 Å². The molecule has 0 fully saturated rings. The average Bonchev–Trinajstić information content (AvgIpc) is 2.47. The van der Waals surface area contributed by atoms with Crippen molar-refractivity contribution < 1.29 is 9.18 Å². The topological polar surface area (TPSA) is 79.8 Å². The van der Waals surface area contributed by atoms with Crippen molar-refractivity contribution in [2.45, 2.75) is 13.3 Å². The van der Waals surface area contributed by atoms with E-state index in [9.17, 15) is 9.18 Å². The second-order valence-corrected chi connectivity index (χ2v) is 4.01. The summed E-state index contributed by atoms with van der Waals surface area (Å²) < 4.78 is 13.8. The fraction of sp³-hybridized carbons (Fsp3) is 0.231. The van der Waals surface area contributed by atoms with E-state index in [1.165, 1.54) is 30.6 Å². The molecule has 1 amide bonds. The lowest BCUT2D eigenvalue weighted by Gasteiger charge is -2.11. The molecule has 0 unspecified atom stereocenters. The number of carbonyl (C=O) groups excluding carboxylic acids is 1. The van der Waals surface area contributed by atoms with E-state index in [4.69, 9.17) is 0 Å². The molecule has 0 bridgehead atoms. The molecule has 104 valence electrons. The summed E-state index contributed by atoms with van der Waals surface area (Å²) in [5.74, 6) is -0.891. The van der Waals surface area contributed by atoms with Crippen LogP contribution in [0.15, 0.2) is 30.6 Å². The Labute approximate surface area is 115 Å². The van der Waals surface area contributed by atoms with Crippen LogP contribution < -0.4 is 10.6 Å². The summed E-state index contributed by atoms with van der Waals surface area (Å²) in [5.41, 5.74) is 0.377. The largest absolute Gasteiger partial charge is 0.382 e. The molecule has 7 heteroatoms.